The molecule has 0 saturated carbocycles. The topological polar surface area (TPSA) is 74.0 Å². The Balaban J connectivity index is 1.93. The van der Waals surface area contributed by atoms with Crippen molar-refractivity contribution < 1.29 is 9.90 Å². The molecule has 0 aliphatic carbocycles. The van der Waals surface area contributed by atoms with Crippen molar-refractivity contribution in [3.05, 3.63) is 57.0 Å². The number of aromatic hydroxyl groups is 1. The van der Waals surface area contributed by atoms with E-state index in [2.05, 4.69) is 31.4 Å². The number of amides is 1. The standard InChI is InChI=1S/C15H9BrClN3O2/c16-9-1-3-12-11(6-9)14(15(22)19-12)20-18-7-8-5-10(17)2-4-13(8)21/h1-7,21H,(H,19,20,22). The van der Waals surface area contributed by atoms with Gasteiger partial charge in [-0.2, -0.15) is 5.10 Å². The molecule has 7 heteroatoms. The summed E-state index contributed by atoms with van der Waals surface area (Å²) >= 11 is 9.21. The maximum absolute atomic E-state index is 11.9. The molecule has 22 heavy (non-hydrogen) atoms. The van der Waals surface area contributed by atoms with E-state index < -0.39 is 0 Å². The molecule has 2 aromatic carbocycles. The fraction of sp³-hybridized carbons (Fsp3) is 0. The summed E-state index contributed by atoms with van der Waals surface area (Å²) in [5.41, 5.74) is 2.00. The molecular formula is C15H9BrClN3O2. The van der Waals surface area contributed by atoms with Gasteiger partial charge in [0.2, 0.25) is 0 Å². The molecule has 2 N–H and O–H groups in total. The minimum Gasteiger partial charge on any atom is -0.507 e. The summed E-state index contributed by atoms with van der Waals surface area (Å²) in [5, 5.41) is 20.7. The molecule has 0 atom stereocenters. The molecule has 1 aliphatic rings. The summed E-state index contributed by atoms with van der Waals surface area (Å²) in [6.07, 6.45) is 1.34. The summed E-state index contributed by atoms with van der Waals surface area (Å²) in [5.74, 6) is -0.284. The van der Waals surface area contributed by atoms with E-state index in [0.717, 1.165) is 4.47 Å². The van der Waals surface area contributed by atoms with Gasteiger partial charge in [0.15, 0.2) is 5.71 Å². The van der Waals surface area contributed by atoms with Crippen LogP contribution >= 0.6 is 27.5 Å². The van der Waals surface area contributed by atoms with Gasteiger partial charge in [-0.15, -0.1) is 5.10 Å². The lowest BCUT2D eigenvalue weighted by atomic mass is 10.1. The van der Waals surface area contributed by atoms with Crippen molar-refractivity contribution >= 4 is 51.1 Å². The maximum atomic E-state index is 11.9. The van der Waals surface area contributed by atoms with Crippen LogP contribution in [0.25, 0.3) is 0 Å². The summed E-state index contributed by atoms with van der Waals surface area (Å²) < 4.78 is 0.840. The molecule has 3 rings (SSSR count). The number of nitrogens with zero attached hydrogens (tertiary/aromatic N) is 2. The lowest BCUT2D eigenvalue weighted by molar-refractivity contribution is -0.110. The monoisotopic (exact) mass is 377 g/mol. The fourth-order valence-electron chi connectivity index (χ4n) is 2.00. The van der Waals surface area contributed by atoms with Crippen molar-refractivity contribution in [3.63, 3.8) is 0 Å². The van der Waals surface area contributed by atoms with Gasteiger partial charge in [-0.05, 0) is 36.4 Å². The highest BCUT2D eigenvalue weighted by atomic mass is 79.9. The van der Waals surface area contributed by atoms with Crippen molar-refractivity contribution in [2.45, 2.75) is 0 Å². The first kappa shape index (κ1) is 14.7. The van der Waals surface area contributed by atoms with Crippen molar-refractivity contribution in [2.24, 2.45) is 10.2 Å². The SMILES string of the molecule is O=C1Nc2ccc(Br)cc2/C1=N/N=Cc1cc(Cl)ccc1O. The zero-order valence-electron chi connectivity index (χ0n) is 11.0. The Morgan fingerprint density at radius 3 is 2.86 bits per heavy atom. The van der Waals surface area contributed by atoms with Gasteiger partial charge in [0.25, 0.3) is 5.91 Å². The number of nitrogens with one attached hydrogen (secondary N) is 1. The van der Waals surface area contributed by atoms with Gasteiger partial charge < -0.3 is 10.4 Å². The number of carbonyl (C=O) groups is 1. The zero-order chi connectivity index (χ0) is 15.7. The van der Waals surface area contributed by atoms with Crippen LogP contribution in [-0.4, -0.2) is 22.9 Å². The van der Waals surface area contributed by atoms with Crippen LogP contribution in [0, 0.1) is 0 Å². The third kappa shape index (κ3) is 2.88. The average Bonchev–Trinajstić information content (AvgIpc) is 2.78. The summed E-state index contributed by atoms with van der Waals surface area (Å²) in [7, 11) is 0. The van der Waals surface area contributed by atoms with Crippen molar-refractivity contribution in [1.29, 1.82) is 0 Å². The Kier molecular flexibility index (Phi) is 3.96. The van der Waals surface area contributed by atoms with E-state index in [0.29, 0.717) is 21.8 Å². The molecule has 0 aromatic heterocycles. The zero-order valence-corrected chi connectivity index (χ0v) is 13.4. The van der Waals surface area contributed by atoms with Gasteiger partial charge in [0.05, 0.1) is 11.9 Å². The van der Waals surface area contributed by atoms with Gasteiger partial charge in [0.1, 0.15) is 5.75 Å². The van der Waals surface area contributed by atoms with Crippen LogP contribution in [0.2, 0.25) is 5.02 Å². The molecule has 5 nitrogen and oxygen atoms in total. The van der Waals surface area contributed by atoms with Crippen LogP contribution in [0.15, 0.2) is 51.1 Å². The van der Waals surface area contributed by atoms with Crippen molar-refractivity contribution in [2.75, 3.05) is 5.32 Å². The predicted molar refractivity (Wildman–Crippen MR) is 90.0 cm³/mol. The van der Waals surface area contributed by atoms with Crippen LogP contribution in [0.5, 0.6) is 5.75 Å². The first-order valence-electron chi connectivity index (χ1n) is 6.25. The quantitative estimate of drug-likeness (QED) is 0.619. The number of phenolic OH excluding ortho intramolecular Hbond substituents is 1. The van der Waals surface area contributed by atoms with E-state index >= 15 is 0 Å². The number of anilines is 1. The van der Waals surface area contributed by atoms with Crippen LogP contribution in [0.3, 0.4) is 0 Å². The van der Waals surface area contributed by atoms with Crippen molar-refractivity contribution in [1.82, 2.24) is 0 Å². The molecule has 0 fully saturated rings. The van der Waals surface area contributed by atoms with E-state index in [1.807, 2.05) is 6.07 Å². The number of halogens is 2. The maximum Gasteiger partial charge on any atom is 0.276 e. The second kappa shape index (κ2) is 5.90. The van der Waals surface area contributed by atoms with E-state index in [9.17, 15) is 9.90 Å². The number of rotatable bonds is 2. The Morgan fingerprint density at radius 2 is 2.05 bits per heavy atom. The molecule has 1 heterocycles. The number of benzene rings is 2. The second-order valence-corrected chi connectivity index (χ2v) is 5.89. The minimum absolute atomic E-state index is 0.0346. The largest absolute Gasteiger partial charge is 0.507 e. The van der Waals surface area contributed by atoms with Gasteiger partial charge in [-0.3, -0.25) is 4.79 Å². The third-order valence-corrected chi connectivity index (χ3v) is 3.77. The number of hydrogen-bond acceptors (Lipinski definition) is 4. The third-order valence-electron chi connectivity index (χ3n) is 3.04. The molecule has 0 saturated heterocycles. The van der Waals surface area contributed by atoms with Gasteiger partial charge >= 0.3 is 0 Å². The Bertz CT molecular complexity index is 834. The van der Waals surface area contributed by atoms with Crippen LogP contribution in [-0.2, 0) is 4.79 Å². The Morgan fingerprint density at radius 1 is 1.23 bits per heavy atom. The molecule has 0 bridgehead atoms. The van der Waals surface area contributed by atoms with Gasteiger partial charge in [-0.1, -0.05) is 27.5 Å². The fourth-order valence-corrected chi connectivity index (χ4v) is 2.54. The molecule has 110 valence electrons. The second-order valence-electron chi connectivity index (χ2n) is 4.54. The summed E-state index contributed by atoms with van der Waals surface area (Å²) in [6, 6.07) is 9.99. The molecule has 0 spiro atoms. The number of fused-ring (bicyclic) bond motifs is 1. The number of carbonyl (C=O) groups excluding carboxylic acids is 1. The first-order chi connectivity index (χ1) is 10.5. The highest BCUT2D eigenvalue weighted by Gasteiger charge is 2.26. The van der Waals surface area contributed by atoms with Crippen LogP contribution < -0.4 is 5.32 Å². The molecule has 1 aliphatic heterocycles. The van der Waals surface area contributed by atoms with Crippen LogP contribution in [0.1, 0.15) is 11.1 Å². The van der Waals surface area contributed by atoms with Crippen LogP contribution in [0.4, 0.5) is 5.69 Å². The van der Waals surface area contributed by atoms with E-state index in [4.69, 9.17) is 11.6 Å². The molecule has 2 aromatic rings. The highest BCUT2D eigenvalue weighted by Crippen LogP contribution is 2.27. The predicted octanol–water partition coefficient (Wildman–Crippen LogP) is 3.58. The van der Waals surface area contributed by atoms with E-state index in [1.165, 1.54) is 12.3 Å². The summed E-state index contributed by atoms with van der Waals surface area (Å²) in [4.78, 5) is 11.9. The molecule has 0 radical (unpaired) electrons. The van der Waals surface area contributed by atoms with Gasteiger partial charge in [-0.25, -0.2) is 0 Å². The lowest BCUT2D eigenvalue weighted by Crippen LogP contribution is -2.13. The first-order valence-corrected chi connectivity index (χ1v) is 7.42. The van der Waals surface area contributed by atoms with Gasteiger partial charge in [0, 0.05) is 20.6 Å². The highest BCUT2D eigenvalue weighted by molar-refractivity contribution is 9.10. The molecule has 0 unspecified atom stereocenters. The average molecular weight is 379 g/mol. The number of hydrogen-bond donors (Lipinski definition) is 2. The lowest BCUT2D eigenvalue weighted by Gasteiger charge is -1.98. The minimum atomic E-state index is -0.319. The smallest absolute Gasteiger partial charge is 0.276 e. The number of phenols is 1. The normalized spacial score (nSPS) is 15.4. The molecular weight excluding hydrogens is 370 g/mol. The Hall–Kier alpha value is -2.18. The van der Waals surface area contributed by atoms with E-state index in [1.54, 1.807) is 24.3 Å². The molecule has 1 amide bonds. The summed E-state index contributed by atoms with van der Waals surface area (Å²) in [6.45, 7) is 0. The van der Waals surface area contributed by atoms with Crippen molar-refractivity contribution in [3.8, 4) is 5.75 Å². The van der Waals surface area contributed by atoms with E-state index in [-0.39, 0.29) is 17.4 Å². The Labute approximate surface area is 139 Å².